The molecule has 0 amide bonds. The van der Waals surface area contributed by atoms with Crippen LogP contribution < -0.4 is 21.1 Å². The number of hydrogen-bond acceptors (Lipinski definition) is 7. The van der Waals surface area contributed by atoms with Crippen molar-refractivity contribution in [1.29, 1.82) is 0 Å². The standard InChI is InChI=1S/C12H21N5O3/c1-15-7-17(4-3-8(5-18)6-19)10-9(15)11(20)16(2)12(13)14-10/h8,18-19H,3-7H2,1-2H3,(H2,13,14). The quantitative estimate of drug-likeness (QED) is 0.608. The van der Waals surface area contributed by atoms with E-state index in [0.717, 1.165) is 0 Å². The lowest BCUT2D eigenvalue weighted by Gasteiger charge is -2.20. The normalized spacial score (nSPS) is 14.2. The van der Waals surface area contributed by atoms with Gasteiger partial charge in [-0.3, -0.25) is 9.36 Å². The van der Waals surface area contributed by atoms with Crippen molar-refractivity contribution in [2.45, 2.75) is 6.42 Å². The summed E-state index contributed by atoms with van der Waals surface area (Å²) < 4.78 is 1.32. The molecule has 20 heavy (non-hydrogen) atoms. The summed E-state index contributed by atoms with van der Waals surface area (Å²) in [5, 5.41) is 18.2. The number of aromatic nitrogens is 2. The molecule has 1 aromatic heterocycles. The average molecular weight is 283 g/mol. The maximum atomic E-state index is 12.2. The minimum absolute atomic E-state index is 0.0564. The number of anilines is 3. The van der Waals surface area contributed by atoms with E-state index in [1.54, 1.807) is 7.05 Å². The van der Waals surface area contributed by atoms with E-state index in [-0.39, 0.29) is 30.6 Å². The smallest absolute Gasteiger partial charge is 0.280 e. The van der Waals surface area contributed by atoms with Gasteiger partial charge in [-0.25, -0.2) is 0 Å². The minimum atomic E-state index is -0.168. The van der Waals surface area contributed by atoms with Gasteiger partial charge in [0.1, 0.15) is 5.69 Å². The van der Waals surface area contributed by atoms with Crippen molar-refractivity contribution in [1.82, 2.24) is 9.55 Å². The van der Waals surface area contributed by atoms with Crippen LogP contribution in [0.1, 0.15) is 6.42 Å². The van der Waals surface area contributed by atoms with Crippen molar-refractivity contribution in [3.63, 3.8) is 0 Å². The molecule has 0 aliphatic carbocycles. The number of fused-ring (bicyclic) bond motifs is 1. The van der Waals surface area contributed by atoms with Gasteiger partial charge in [0.25, 0.3) is 5.56 Å². The molecule has 0 radical (unpaired) electrons. The van der Waals surface area contributed by atoms with E-state index in [1.807, 2.05) is 16.8 Å². The number of aliphatic hydroxyl groups is 2. The summed E-state index contributed by atoms with van der Waals surface area (Å²) in [5.74, 6) is 0.589. The van der Waals surface area contributed by atoms with Crippen LogP contribution in [0.25, 0.3) is 0 Å². The monoisotopic (exact) mass is 283 g/mol. The van der Waals surface area contributed by atoms with E-state index in [0.29, 0.717) is 31.1 Å². The van der Waals surface area contributed by atoms with E-state index < -0.39 is 0 Å². The van der Waals surface area contributed by atoms with Crippen LogP contribution >= 0.6 is 0 Å². The van der Waals surface area contributed by atoms with E-state index in [9.17, 15) is 4.79 Å². The Kier molecular flexibility index (Phi) is 4.15. The second-order valence-corrected chi connectivity index (χ2v) is 5.13. The first-order chi connectivity index (χ1) is 9.49. The molecule has 8 nitrogen and oxygen atoms in total. The highest BCUT2D eigenvalue weighted by Gasteiger charge is 2.29. The second-order valence-electron chi connectivity index (χ2n) is 5.13. The molecule has 2 heterocycles. The molecule has 2 rings (SSSR count). The highest BCUT2D eigenvalue weighted by atomic mass is 16.3. The van der Waals surface area contributed by atoms with Gasteiger partial charge in [0.15, 0.2) is 5.82 Å². The zero-order valence-electron chi connectivity index (χ0n) is 11.8. The van der Waals surface area contributed by atoms with Crippen LogP contribution in [0.15, 0.2) is 4.79 Å². The number of aliphatic hydroxyl groups excluding tert-OH is 2. The third-order valence-corrected chi connectivity index (χ3v) is 3.67. The molecule has 0 aromatic carbocycles. The summed E-state index contributed by atoms with van der Waals surface area (Å²) in [6.07, 6.45) is 0.622. The number of nitrogen functional groups attached to an aromatic ring is 1. The Morgan fingerprint density at radius 1 is 1.35 bits per heavy atom. The zero-order valence-corrected chi connectivity index (χ0v) is 11.8. The summed E-state index contributed by atoms with van der Waals surface area (Å²) in [6, 6.07) is 0. The number of nitrogens with two attached hydrogens (primary N) is 1. The fourth-order valence-corrected chi connectivity index (χ4v) is 2.30. The fraction of sp³-hybridized carbons (Fsp3) is 0.667. The largest absolute Gasteiger partial charge is 0.396 e. The van der Waals surface area contributed by atoms with Gasteiger partial charge in [0.05, 0.1) is 6.67 Å². The van der Waals surface area contributed by atoms with Gasteiger partial charge >= 0.3 is 0 Å². The molecule has 0 spiro atoms. The maximum absolute atomic E-state index is 12.2. The molecule has 0 saturated carbocycles. The van der Waals surface area contributed by atoms with Crippen molar-refractivity contribution in [2.24, 2.45) is 13.0 Å². The Balaban J connectivity index is 2.24. The highest BCUT2D eigenvalue weighted by molar-refractivity contribution is 5.72. The molecule has 0 fully saturated rings. The summed E-state index contributed by atoms with van der Waals surface area (Å²) in [6.45, 7) is 1.03. The summed E-state index contributed by atoms with van der Waals surface area (Å²) in [4.78, 5) is 20.2. The van der Waals surface area contributed by atoms with Crippen LogP contribution in [0, 0.1) is 5.92 Å². The van der Waals surface area contributed by atoms with E-state index in [4.69, 9.17) is 15.9 Å². The number of rotatable bonds is 5. The lowest BCUT2D eigenvalue weighted by Crippen LogP contribution is -2.31. The van der Waals surface area contributed by atoms with Crippen LogP contribution in [0.2, 0.25) is 0 Å². The van der Waals surface area contributed by atoms with Gasteiger partial charge in [-0.15, -0.1) is 0 Å². The predicted octanol–water partition coefficient (Wildman–Crippen LogP) is -1.43. The lowest BCUT2D eigenvalue weighted by atomic mass is 10.1. The molecule has 0 bridgehead atoms. The molecule has 1 aliphatic rings. The molecule has 0 atom stereocenters. The zero-order chi connectivity index (χ0) is 14.9. The first-order valence-electron chi connectivity index (χ1n) is 6.53. The molecule has 1 aliphatic heterocycles. The van der Waals surface area contributed by atoms with Crippen LogP contribution in [0.3, 0.4) is 0 Å². The Bertz CT molecular complexity index is 541. The summed E-state index contributed by atoms with van der Waals surface area (Å²) in [7, 11) is 3.42. The summed E-state index contributed by atoms with van der Waals surface area (Å²) >= 11 is 0. The molecule has 4 N–H and O–H groups in total. The first-order valence-corrected chi connectivity index (χ1v) is 6.53. The minimum Gasteiger partial charge on any atom is -0.396 e. The SMILES string of the molecule is CN1CN(CCC(CO)CO)c2nc(N)n(C)c(=O)c21. The third kappa shape index (κ3) is 2.44. The van der Waals surface area contributed by atoms with Crippen LogP contribution in [0.5, 0.6) is 0 Å². The first kappa shape index (κ1) is 14.6. The molecule has 112 valence electrons. The molecule has 8 heteroatoms. The molecule has 0 saturated heterocycles. The maximum Gasteiger partial charge on any atom is 0.280 e. The fourth-order valence-electron chi connectivity index (χ4n) is 2.30. The van der Waals surface area contributed by atoms with Gasteiger partial charge in [-0.2, -0.15) is 4.98 Å². The van der Waals surface area contributed by atoms with Gasteiger partial charge in [-0.05, 0) is 6.42 Å². The lowest BCUT2D eigenvalue weighted by molar-refractivity contribution is 0.145. The van der Waals surface area contributed by atoms with Crippen LogP contribution in [-0.2, 0) is 7.05 Å². The Morgan fingerprint density at radius 3 is 2.60 bits per heavy atom. The Hall–Kier alpha value is -1.80. The van der Waals surface area contributed by atoms with Gasteiger partial charge in [0.2, 0.25) is 5.95 Å². The van der Waals surface area contributed by atoms with E-state index >= 15 is 0 Å². The van der Waals surface area contributed by atoms with Crippen LogP contribution in [0.4, 0.5) is 17.5 Å². The van der Waals surface area contributed by atoms with Crippen molar-refractivity contribution in [2.75, 3.05) is 49.0 Å². The van der Waals surface area contributed by atoms with Gasteiger partial charge < -0.3 is 25.7 Å². The summed E-state index contributed by atoms with van der Waals surface area (Å²) in [5.41, 5.74) is 6.10. The van der Waals surface area contributed by atoms with Crippen LogP contribution in [-0.4, -0.2) is 53.2 Å². The van der Waals surface area contributed by atoms with E-state index in [1.165, 1.54) is 4.57 Å². The third-order valence-electron chi connectivity index (χ3n) is 3.67. The van der Waals surface area contributed by atoms with Crippen molar-refractivity contribution >= 4 is 17.5 Å². The van der Waals surface area contributed by atoms with Crippen molar-refractivity contribution < 1.29 is 10.2 Å². The second kappa shape index (κ2) is 5.68. The van der Waals surface area contributed by atoms with Gasteiger partial charge in [0, 0.05) is 39.8 Å². The molecular weight excluding hydrogens is 262 g/mol. The van der Waals surface area contributed by atoms with Crippen molar-refractivity contribution in [3.8, 4) is 0 Å². The molecule has 1 aromatic rings. The molecule has 0 unspecified atom stereocenters. The molecular formula is C12H21N5O3. The van der Waals surface area contributed by atoms with Gasteiger partial charge in [-0.1, -0.05) is 0 Å². The Labute approximate surface area is 117 Å². The van der Waals surface area contributed by atoms with Crippen molar-refractivity contribution in [3.05, 3.63) is 10.4 Å². The number of hydrogen-bond donors (Lipinski definition) is 3. The predicted molar refractivity (Wildman–Crippen MR) is 76.8 cm³/mol. The topological polar surface area (TPSA) is 108 Å². The van der Waals surface area contributed by atoms with E-state index in [2.05, 4.69) is 4.98 Å². The Morgan fingerprint density at radius 2 is 2.00 bits per heavy atom. The number of nitrogens with zero attached hydrogens (tertiary/aromatic N) is 4. The highest BCUT2D eigenvalue weighted by Crippen LogP contribution is 2.30. The average Bonchev–Trinajstić information content (AvgIpc) is 2.74.